The summed E-state index contributed by atoms with van der Waals surface area (Å²) < 4.78 is 21.8. The summed E-state index contributed by atoms with van der Waals surface area (Å²) in [6, 6.07) is 0. The van der Waals surface area contributed by atoms with Crippen LogP contribution in [0.1, 0.15) is 26.7 Å². The minimum Gasteiger partial charge on any atom is -0.616 e. The van der Waals surface area contributed by atoms with Crippen LogP contribution in [-0.4, -0.2) is 40.2 Å². The molecule has 0 fully saturated rings. The molecule has 0 heterocycles. The molecular formula is C14H22O5S. The van der Waals surface area contributed by atoms with E-state index in [1.165, 1.54) is 0 Å². The number of carbonyl (C=O) groups is 2. The first kappa shape index (κ1) is 18.7. The first-order valence-electron chi connectivity index (χ1n) is 6.40. The zero-order chi connectivity index (χ0) is 15.5. The van der Waals surface area contributed by atoms with Crippen molar-refractivity contribution in [1.82, 2.24) is 0 Å². The van der Waals surface area contributed by atoms with Crippen LogP contribution in [0.15, 0.2) is 25.3 Å². The van der Waals surface area contributed by atoms with Crippen molar-refractivity contribution in [2.45, 2.75) is 37.2 Å². The van der Waals surface area contributed by atoms with Gasteiger partial charge in [-0.1, -0.05) is 13.2 Å². The van der Waals surface area contributed by atoms with Crippen molar-refractivity contribution in [3.63, 3.8) is 0 Å². The van der Waals surface area contributed by atoms with Crippen LogP contribution in [0.5, 0.6) is 0 Å². The van der Waals surface area contributed by atoms with Crippen molar-refractivity contribution in [1.29, 1.82) is 0 Å². The van der Waals surface area contributed by atoms with Crippen LogP contribution < -0.4 is 0 Å². The smallest absolute Gasteiger partial charge is 0.330 e. The minimum atomic E-state index is -1.08. The summed E-state index contributed by atoms with van der Waals surface area (Å²) in [6.07, 6.45) is 3.22. The summed E-state index contributed by atoms with van der Waals surface area (Å²) in [5.74, 6) is -0.959. The Bertz CT molecular complexity index is 310. The summed E-state index contributed by atoms with van der Waals surface area (Å²) in [5.41, 5.74) is 0. The molecule has 6 heteroatoms. The Morgan fingerprint density at radius 2 is 1.40 bits per heavy atom. The standard InChI is InChI=1S/C14H22O5S/c1-5-13(15)18-9-7-11(3)20(17)12(4)8-10-19-14(16)6-2/h5-6,11-12H,1-2,7-10H2,3-4H3. The molecule has 0 radical (unpaired) electrons. The molecule has 20 heavy (non-hydrogen) atoms. The van der Waals surface area contributed by atoms with Crippen LogP contribution in [0.3, 0.4) is 0 Å². The number of esters is 2. The lowest BCUT2D eigenvalue weighted by Gasteiger charge is -2.23. The predicted molar refractivity (Wildman–Crippen MR) is 78.6 cm³/mol. The van der Waals surface area contributed by atoms with Crippen LogP contribution in [0.4, 0.5) is 0 Å². The second-order valence-corrected chi connectivity index (χ2v) is 6.54. The maximum Gasteiger partial charge on any atom is 0.330 e. The predicted octanol–water partition coefficient (Wildman–Crippen LogP) is 1.75. The lowest BCUT2D eigenvalue weighted by Crippen LogP contribution is -2.30. The van der Waals surface area contributed by atoms with E-state index >= 15 is 0 Å². The first-order valence-corrected chi connectivity index (χ1v) is 7.67. The van der Waals surface area contributed by atoms with Crippen LogP contribution in [-0.2, 0) is 30.2 Å². The number of rotatable bonds is 10. The van der Waals surface area contributed by atoms with E-state index in [1.54, 1.807) is 0 Å². The third-order valence-electron chi connectivity index (χ3n) is 2.66. The van der Waals surface area contributed by atoms with Gasteiger partial charge in [-0.15, -0.1) is 0 Å². The highest BCUT2D eigenvalue weighted by atomic mass is 32.2. The summed E-state index contributed by atoms with van der Waals surface area (Å²) in [7, 11) is 0. The number of hydrogen-bond acceptors (Lipinski definition) is 5. The van der Waals surface area contributed by atoms with E-state index in [0.29, 0.717) is 12.8 Å². The van der Waals surface area contributed by atoms with Gasteiger partial charge in [-0.3, -0.25) is 0 Å². The molecule has 0 aliphatic carbocycles. The molecule has 0 saturated heterocycles. The Hall–Kier alpha value is -1.27. The largest absolute Gasteiger partial charge is 0.616 e. The highest BCUT2D eigenvalue weighted by Crippen LogP contribution is 2.15. The summed E-state index contributed by atoms with van der Waals surface area (Å²) >= 11 is -1.08. The summed E-state index contributed by atoms with van der Waals surface area (Å²) in [4.78, 5) is 21.7. The molecule has 5 nitrogen and oxygen atoms in total. The third-order valence-corrected chi connectivity index (χ3v) is 4.72. The van der Waals surface area contributed by atoms with Gasteiger partial charge in [0.1, 0.15) is 10.5 Å². The molecule has 0 amide bonds. The van der Waals surface area contributed by atoms with Crippen molar-refractivity contribution in [2.24, 2.45) is 0 Å². The van der Waals surface area contributed by atoms with Gasteiger partial charge in [0.25, 0.3) is 0 Å². The topological polar surface area (TPSA) is 75.7 Å². The third kappa shape index (κ3) is 8.01. The van der Waals surface area contributed by atoms with E-state index < -0.39 is 23.1 Å². The number of ether oxygens (including phenoxy) is 2. The monoisotopic (exact) mass is 302 g/mol. The first-order chi connectivity index (χ1) is 9.42. The maximum atomic E-state index is 12.1. The molecule has 0 saturated carbocycles. The fourth-order valence-corrected chi connectivity index (χ4v) is 2.85. The molecule has 114 valence electrons. The van der Waals surface area contributed by atoms with E-state index in [4.69, 9.17) is 9.47 Å². The van der Waals surface area contributed by atoms with E-state index in [9.17, 15) is 14.1 Å². The Balaban J connectivity index is 3.93. The fraction of sp³-hybridized carbons (Fsp3) is 0.571. The highest BCUT2D eigenvalue weighted by Gasteiger charge is 2.24. The van der Waals surface area contributed by atoms with Crippen molar-refractivity contribution >= 4 is 23.1 Å². The Kier molecular flexibility index (Phi) is 9.84. The van der Waals surface area contributed by atoms with Gasteiger partial charge in [0.2, 0.25) is 0 Å². The van der Waals surface area contributed by atoms with Crippen LogP contribution in [0, 0.1) is 0 Å². The van der Waals surface area contributed by atoms with E-state index in [0.717, 1.165) is 12.2 Å². The molecule has 0 aromatic carbocycles. The molecule has 0 aromatic heterocycles. The quantitative estimate of drug-likeness (QED) is 0.349. The summed E-state index contributed by atoms with van der Waals surface area (Å²) in [6.45, 7) is 10.7. The summed E-state index contributed by atoms with van der Waals surface area (Å²) in [5, 5.41) is -0.199. The van der Waals surface area contributed by atoms with Crippen molar-refractivity contribution < 1.29 is 23.6 Å². The average molecular weight is 302 g/mol. The lowest BCUT2D eigenvalue weighted by atomic mass is 10.3. The highest BCUT2D eigenvalue weighted by molar-refractivity contribution is 7.92. The van der Waals surface area contributed by atoms with Crippen LogP contribution in [0.25, 0.3) is 0 Å². The van der Waals surface area contributed by atoms with Gasteiger partial charge in [-0.25, -0.2) is 9.59 Å². The molecule has 2 atom stereocenters. The molecule has 0 aromatic rings. The fourth-order valence-electron chi connectivity index (χ4n) is 1.40. The van der Waals surface area contributed by atoms with E-state index in [-0.39, 0.29) is 23.7 Å². The van der Waals surface area contributed by atoms with Gasteiger partial charge in [0, 0.05) is 25.0 Å². The van der Waals surface area contributed by atoms with Crippen molar-refractivity contribution in [3.8, 4) is 0 Å². The molecule has 0 aliphatic rings. The number of hydrogen-bond donors (Lipinski definition) is 0. The molecule has 0 N–H and O–H groups in total. The second-order valence-electron chi connectivity index (χ2n) is 4.27. The maximum absolute atomic E-state index is 12.1. The van der Waals surface area contributed by atoms with Gasteiger partial charge in [0.05, 0.1) is 13.2 Å². The minimum absolute atomic E-state index is 0.0993. The molecular weight excluding hydrogens is 280 g/mol. The van der Waals surface area contributed by atoms with Crippen molar-refractivity contribution in [3.05, 3.63) is 25.3 Å². The molecule has 0 bridgehead atoms. The Morgan fingerprint density at radius 3 is 1.70 bits per heavy atom. The van der Waals surface area contributed by atoms with Crippen LogP contribution in [0.2, 0.25) is 0 Å². The Morgan fingerprint density at radius 1 is 1.05 bits per heavy atom. The SMILES string of the molecule is C=CC(=O)OCCC(C)[S+]([O-])C(C)CCOC(=O)C=C. The lowest BCUT2D eigenvalue weighted by molar-refractivity contribution is -0.138. The van der Waals surface area contributed by atoms with E-state index in [1.807, 2.05) is 13.8 Å². The van der Waals surface area contributed by atoms with Gasteiger partial charge < -0.3 is 14.0 Å². The Labute approximate surface area is 123 Å². The molecule has 0 spiro atoms. The van der Waals surface area contributed by atoms with Gasteiger partial charge in [-0.05, 0) is 25.0 Å². The van der Waals surface area contributed by atoms with Gasteiger partial charge >= 0.3 is 11.9 Å². The van der Waals surface area contributed by atoms with Crippen molar-refractivity contribution in [2.75, 3.05) is 13.2 Å². The molecule has 2 unspecified atom stereocenters. The van der Waals surface area contributed by atoms with Crippen LogP contribution >= 0.6 is 0 Å². The van der Waals surface area contributed by atoms with Gasteiger partial charge in [-0.2, -0.15) is 0 Å². The molecule has 0 aliphatic heterocycles. The second kappa shape index (κ2) is 10.5. The van der Waals surface area contributed by atoms with Gasteiger partial charge in [0.15, 0.2) is 0 Å². The zero-order valence-electron chi connectivity index (χ0n) is 12.0. The average Bonchev–Trinajstić information content (AvgIpc) is 2.45. The zero-order valence-corrected chi connectivity index (χ0v) is 12.8. The molecule has 0 rings (SSSR count). The van der Waals surface area contributed by atoms with E-state index in [2.05, 4.69) is 13.2 Å². The number of carbonyl (C=O) groups excluding carboxylic acids is 2. The normalized spacial score (nSPS) is 14.8.